The summed E-state index contributed by atoms with van der Waals surface area (Å²) in [6, 6.07) is 5.97. The number of aryl methyl sites for hydroxylation is 1. The first kappa shape index (κ1) is 14.9. The Labute approximate surface area is 136 Å². The van der Waals surface area contributed by atoms with Crippen molar-refractivity contribution in [3.8, 4) is 9.88 Å². The Morgan fingerprint density at radius 1 is 1.36 bits per heavy atom. The van der Waals surface area contributed by atoms with Crippen LogP contribution in [0.4, 0.5) is 0 Å². The minimum absolute atomic E-state index is 0.0254. The Bertz CT molecular complexity index is 760. The van der Waals surface area contributed by atoms with Crippen molar-refractivity contribution in [2.24, 2.45) is 0 Å². The third kappa shape index (κ3) is 3.26. The molecular formula is C15H16N4OS2. The van der Waals surface area contributed by atoms with E-state index < -0.39 is 0 Å². The fourth-order valence-electron chi connectivity index (χ4n) is 2.04. The molecular weight excluding hydrogens is 316 g/mol. The Balaban J connectivity index is 1.63. The molecule has 0 aromatic carbocycles. The number of thiophene rings is 1. The number of carbonyl (C=O) groups excluding carboxylic acids is 1. The van der Waals surface area contributed by atoms with Gasteiger partial charge in [-0.15, -0.1) is 22.7 Å². The van der Waals surface area contributed by atoms with Gasteiger partial charge in [-0.05, 0) is 24.4 Å². The van der Waals surface area contributed by atoms with E-state index in [1.807, 2.05) is 29.8 Å². The maximum atomic E-state index is 12.2. The Kier molecular flexibility index (Phi) is 4.35. The molecule has 5 nitrogen and oxygen atoms in total. The zero-order valence-corrected chi connectivity index (χ0v) is 14.0. The number of hydrogen-bond acceptors (Lipinski definition) is 5. The average Bonchev–Trinajstić information content (AvgIpc) is 3.21. The quantitative estimate of drug-likeness (QED) is 0.721. The van der Waals surface area contributed by atoms with Crippen molar-refractivity contribution in [3.63, 3.8) is 0 Å². The van der Waals surface area contributed by atoms with Gasteiger partial charge in [0.05, 0.1) is 17.1 Å². The van der Waals surface area contributed by atoms with Gasteiger partial charge in [0, 0.05) is 24.3 Å². The van der Waals surface area contributed by atoms with E-state index in [-0.39, 0.29) is 12.5 Å². The predicted octanol–water partition coefficient (Wildman–Crippen LogP) is 3.04. The molecule has 0 saturated heterocycles. The molecule has 22 heavy (non-hydrogen) atoms. The highest BCUT2D eigenvalue weighted by Crippen LogP contribution is 2.28. The van der Waals surface area contributed by atoms with Crippen LogP contribution in [-0.2, 0) is 17.9 Å². The number of thiazole rings is 1. The van der Waals surface area contributed by atoms with Crippen LogP contribution in [0.15, 0.2) is 35.2 Å². The van der Waals surface area contributed by atoms with E-state index in [1.54, 1.807) is 45.5 Å². The smallest absolute Gasteiger partial charge is 0.244 e. The van der Waals surface area contributed by atoms with Gasteiger partial charge in [0.1, 0.15) is 11.6 Å². The van der Waals surface area contributed by atoms with Crippen LogP contribution in [0.3, 0.4) is 0 Å². The van der Waals surface area contributed by atoms with Gasteiger partial charge in [0.25, 0.3) is 0 Å². The molecule has 0 aliphatic rings. The number of likely N-dealkylation sites (N-methyl/N-ethyl adjacent to an activating group) is 1. The van der Waals surface area contributed by atoms with Crippen LogP contribution in [0, 0.1) is 6.92 Å². The van der Waals surface area contributed by atoms with Crippen LogP contribution in [0.2, 0.25) is 0 Å². The van der Waals surface area contributed by atoms with E-state index in [4.69, 9.17) is 0 Å². The zero-order chi connectivity index (χ0) is 15.5. The second-order valence-corrected chi connectivity index (χ2v) is 6.81. The summed E-state index contributed by atoms with van der Waals surface area (Å²) >= 11 is 3.29. The largest absolute Gasteiger partial charge is 0.338 e. The van der Waals surface area contributed by atoms with E-state index in [1.165, 1.54) is 0 Å². The van der Waals surface area contributed by atoms with E-state index in [9.17, 15) is 4.79 Å². The Morgan fingerprint density at radius 3 is 2.91 bits per heavy atom. The number of aromatic nitrogens is 3. The topological polar surface area (TPSA) is 51.0 Å². The fourth-order valence-corrected chi connectivity index (χ4v) is 3.66. The molecule has 7 heteroatoms. The molecule has 0 spiro atoms. The summed E-state index contributed by atoms with van der Waals surface area (Å²) in [5, 5.41) is 9.20. The normalized spacial score (nSPS) is 10.8. The molecule has 0 unspecified atom stereocenters. The fraction of sp³-hybridized carbons (Fsp3) is 0.267. The SMILES string of the molecule is Cc1ccnn1CC(=O)N(C)Cc1csc(-c2cccs2)n1. The Morgan fingerprint density at radius 2 is 2.23 bits per heavy atom. The van der Waals surface area contributed by atoms with Crippen molar-refractivity contribution in [2.75, 3.05) is 7.05 Å². The van der Waals surface area contributed by atoms with E-state index in [0.29, 0.717) is 6.54 Å². The van der Waals surface area contributed by atoms with Crippen LogP contribution in [0.1, 0.15) is 11.4 Å². The molecule has 0 atom stereocenters. The van der Waals surface area contributed by atoms with Crippen molar-refractivity contribution < 1.29 is 4.79 Å². The van der Waals surface area contributed by atoms with Crippen molar-refractivity contribution in [1.82, 2.24) is 19.7 Å². The molecule has 114 valence electrons. The third-order valence-electron chi connectivity index (χ3n) is 3.32. The van der Waals surface area contributed by atoms with Crippen LogP contribution < -0.4 is 0 Å². The number of nitrogens with zero attached hydrogens (tertiary/aromatic N) is 4. The van der Waals surface area contributed by atoms with Crippen molar-refractivity contribution >= 4 is 28.6 Å². The van der Waals surface area contributed by atoms with E-state index in [0.717, 1.165) is 21.3 Å². The lowest BCUT2D eigenvalue weighted by atomic mass is 10.4. The Hall–Kier alpha value is -1.99. The summed E-state index contributed by atoms with van der Waals surface area (Å²) in [6.45, 7) is 2.71. The lowest BCUT2D eigenvalue weighted by Gasteiger charge is -2.16. The minimum atomic E-state index is 0.0254. The van der Waals surface area contributed by atoms with Gasteiger partial charge < -0.3 is 4.90 Å². The summed E-state index contributed by atoms with van der Waals surface area (Å²) in [5.74, 6) is 0.0254. The maximum absolute atomic E-state index is 12.2. The number of carbonyl (C=O) groups is 1. The van der Waals surface area contributed by atoms with Crippen molar-refractivity contribution in [3.05, 3.63) is 46.5 Å². The summed E-state index contributed by atoms with van der Waals surface area (Å²) in [5.41, 5.74) is 1.90. The first-order chi connectivity index (χ1) is 10.6. The van der Waals surface area contributed by atoms with Gasteiger partial charge in [-0.1, -0.05) is 6.07 Å². The van der Waals surface area contributed by atoms with Gasteiger partial charge >= 0.3 is 0 Å². The molecule has 0 aliphatic carbocycles. The molecule has 3 rings (SSSR count). The van der Waals surface area contributed by atoms with Crippen LogP contribution in [-0.4, -0.2) is 32.6 Å². The summed E-state index contributed by atoms with van der Waals surface area (Å²) in [4.78, 5) is 19.7. The van der Waals surface area contributed by atoms with Crippen LogP contribution in [0.25, 0.3) is 9.88 Å². The molecule has 0 saturated carbocycles. The first-order valence-corrected chi connectivity index (χ1v) is 8.60. The molecule has 1 amide bonds. The minimum Gasteiger partial charge on any atom is -0.338 e. The molecule has 0 N–H and O–H groups in total. The number of amides is 1. The molecule has 3 aromatic heterocycles. The molecule has 0 bridgehead atoms. The molecule has 3 aromatic rings. The van der Waals surface area contributed by atoms with Crippen LogP contribution in [0.5, 0.6) is 0 Å². The standard InChI is InChI=1S/C15H16N4OS2/c1-11-5-6-16-19(11)9-14(20)18(2)8-12-10-22-15(17-12)13-4-3-7-21-13/h3-7,10H,8-9H2,1-2H3. The lowest BCUT2D eigenvalue weighted by molar-refractivity contribution is -0.131. The third-order valence-corrected chi connectivity index (χ3v) is 5.25. The van der Waals surface area contributed by atoms with Crippen LogP contribution >= 0.6 is 22.7 Å². The highest BCUT2D eigenvalue weighted by molar-refractivity contribution is 7.20. The van der Waals surface area contributed by atoms with Gasteiger partial charge in [-0.3, -0.25) is 9.48 Å². The molecule has 0 aliphatic heterocycles. The van der Waals surface area contributed by atoms with Crippen molar-refractivity contribution in [1.29, 1.82) is 0 Å². The number of rotatable bonds is 5. The lowest BCUT2D eigenvalue weighted by Crippen LogP contribution is -2.30. The second-order valence-electron chi connectivity index (χ2n) is 5.00. The highest BCUT2D eigenvalue weighted by Gasteiger charge is 2.13. The molecule has 0 radical (unpaired) electrons. The maximum Gasteiger partial charge on any atom is 0.244 e. The number of hydrogen-bond donors (Lipinski definition) is 0. The summed E-state index contributed by atoms with van der Waals surface area (Å²) in [6.07, 6.45) is 1.70. The molecule has 0 fully saturated rings. The monoisotopic (exact) mass is 332 g/mol. The van der Waals surface area contributed by atoms with E-state index >= 15 is 0 Å². The van der Waals surface area contributed by atoms with E-state index in [2.05, 4.69) is 16.1 Å². The summed E-state index contributed by atoms with van der Waals surface area (Å²) in [7, 11) is 1.80. The van der Waals surface area contributed by atoms with Gasteiger partial charge in [-0.2, -0.15) is 5.10 Å². The highest BCUT2D eigenvalue weighted by atomic mass is 32.1. The van der Waals surface area contributed by atoms with Gasteiger partial charge in [0.15, 0.2) is 0 Å². The van der Waals surface area contributed by atoms with Crippen molar-refractivity contribution in [2.45, 2.75) is 20.0 Å². The first-order valence-electron chi connectivity index (χ1n) is 6.84. The average molecular weight is 332 g/mol. The zero-order valence-electron chi connectivity index (χ0n) is 12.4. The summed E-state index contributed by atoms with van der Waals surface area (Å²) < 4.78 is 1.71. The predicted molar refractivity (Wildman–Crippen MR) is 88.9 cm³/mol. The second kappa shape index (κ2) is 6.41. The van der Waals surface area contributed by atoms with Gasteiger partial charge in [-0.25, -0.2) is 4.98 Å². The van der Waals surface area contributed by atoms with Gasteiger partial charge in [0.2, 0.25) is 5.91 Å². The molecule has 3 heterocycles.